The highest BCUT2D eigenvalue weighted by Gasteiger charge is 2.27. The third kappa shape index (κ3) is 6.82. The zero-order chi connectivity index (χ0) is 23.2. The molecule has 0 bridgehead atoms. The van der Waals surface area contributed by atoms with E-state index in [9.17, 15) is 9.59 Å². The van der Waals surface area contributed by atoms with Crippen molar-refractivity contribution in [3.63, 3.8) is 0 Å². The van der Waals surface area contributed by atoms with Crippen LogP contribution >= 0.6 is 15.9 Å². The molecule has 0 aliphatic carbocycles. The predicted octanol–water partition coefficient (Wildman–Crippen LogP) is 4.99. The third-order valence-corrected chi connectivity index (χ3v) is 5.89. The number of aryl methyl sites for hydroxylation is 1. The van der Waals surface area contributed by atoms with Crippen LogP contribution < -0.4 is 10.1 Å². The minimum Gasteiger partial charge on any atom is -0.483 e. The molecular weight excluding hydrogens is 456 g/mol. The van der Waals surface area contributed by atoms with Gasteiger partial charge in [-0.1, -0.05) is 51.1 Å². The molecule has 0 fully saturated rings. The molecule has 5 nitrogen and oxygen atoms in total. The molecule has 0 aliphatic heterocycles. The van der Waals surface area contributed by atoms with Gasteiger partial charge < -0.3 is 15.0 Å². The Labute approximate surface area is 194 Å². The van der Waals surface area contributed by atoms with Crippen LogP contribution in [-0.4, -0.2) is 35.9 Å². The molecule has 6 heteroatoms. The second kappa shape index (κ2) is 10.8. The molecule has 2 amide bonds. The molecule has 0 saturated carbocycles. The number of amides is 2. The lowest BCUT2D eigenvalue weighted by atomic mass is 9.87. The number of ether oxygens (including phenoxy) is 1. The lowest BCUT2D eigenvalue weighted by Gasteiger charge is -2.29. The molecule has 1 atom stereocenters. The quantitative estimate of drug-likeness (QED) is 0.569. The van der Waals surface area contributed by atoms with Crippen LogP contribution in [0.4, 0.5) is 0 Å². The average molecular weight is 489 g/mol. The average Bonchev–Trinajstić information content (AvgIpc) is 2.71. The van der Waals surface area contributed by atoms with E-state index in [1.165, 1.54) is 5.56 Å². The van der Waals surface area contributed by atoms with Crippen molar-refractivity contribution in [2.75, 3.05) is 13.2 Å². The maximum absolute atomic E-state index is 13.1. The Balaban J connectivity index is 2.19. The number of rotatable bonds is 8. The molecule has 168 valence electrons. The summed E-state index contributed by atoms with van der Waals surface area (Å²) in [5.74, 6) is 0.178. The molecule has 0 unspecified atom stereocenters. The maximum atomic E-state index is 13.1. The fraction of sp³-hybridized carbons (Fsp3) is 0.440. The van der Waals surface area contributed by atoms with Gasteiger partial charge in [-0.25, -0.2) is 0 Å². The lowest BCUT2D eigenvalue weighted by molar-refractivity contribution is -0.142. The van der Waals surface area contributed by atoms with Gasteiger partial charge in [-0.2, -0.15) is 0 Å². The zero-order valence-corrected chi connectivity index (χ0v) is 20.9. The second-order valence-corrected chi connectivity index (χ2v) is 9.56. The number of nitrogens with one attached hydrogen (secondary N) is 1. The number of nitrogens with zero attached hydrogens (tertiary/aromatic N) is 1. The predicted molar refractivity (Wildman–Crippen MR) is 128 cm³/mol. The highest BCUT2D eigenvalue weighted by molar-refractivity contribution is 9.10. The van der Waals surface area contributed by atoms with Crippen LogP contribution in [0.15, 0.2) is 46.9 Å². The molecule has 2 aromatic rings. The third-order valence-electron chi connectivity index (χ3n) is 5.27. The largest absolute Gasteiger partial charge is 0.483 e. The lowest BCUT2D eigenvalue weighted by Crippen LogP contribution is -2.49. The van der Waals surface area contributed by atoms with Gasteiger partial charge in [0.15, 0.2) is 6.61 Å². The van der Waals surface area contributed by atoms with Gasteiger partial charge in [-0.3, -0.25) is 9.59 Å². The van der Waals surface area contributed by atoms with Crippen molar-refractivity contribution < 1.29 is 14.3 Å². The smallest absolute Gasteiger partial charge is 0.261 e. The number of hydrogen-bond acceptors (Lipinski definition) is 3. The molecule has 0 aliphatic rings. The first-order valence-corrected chi connectivity index (χ1v) is 11.4. The summed E-state index contributed by atoms with van der Waals surface area (Å²) in [6.45, 7) is 12.7. The molecule has 0 heterocycles. The molecular formula is C25H33BrN2O3. The number of carbonyl (C=O) groups is 2. The van der Waals surface area contributed by atoms with E-state index >= 15 is 0 Å². The molecule has 0 saturated heterocycles. The number of halogens is 1. The normalized spacial score (nSPS) is 12.2. The van der Waals surface area contributed by atoms with E-state index in [0.717, 1.165) is 15.6 Å². The summed E-state index contributed by atoms with van der Waals surface area (Å²) < 4.78 is 6.64. The highest BCUT2D eigenvalue weighted by Crippen LogP contribution is 2.31. The second-order valence-electron chi connectivity index (χ2n) is 8.70. The van der Waals surface area contributed by atoms with Gasteiger partial charge in [0.1, 0.15) is 11.8 Å². The minimum absolute atomic E-state index is 0.0171. The van der Waals surface area contributed by atoms with Crippen LogP contribution in [0.2, 0.25) is 0 Å². The molecule has 2 aromatic carbocycles. The van der Waals surface area contributed by atoms with Gasteiger partial charge in [-0.15, -0.1) is 0 Å². The van der Waals surface area contributed by atoms with Gasteiger partial charge in [-0.05, 0) is 70.9 Å². The summed E-state index contributed by atoms with van der Waals surface area (Å²) in [7, 11) is 0. The molecule has 0 aromatic heterocycles. The Morgan fingerprint density at radius 3 is 2.42 bits per heavy atom. The first-order valence-electron chi connectivity index (χ1n) is 10.6. The van der Waals surface area contributed by atoms with Gasteiger partial charge in [0.05, 0.1) is 4.47 Å². The number of carbonyl (C=O) groups excluding carboxylic acids is 2. The Morgan fingerprint density at radius 1 is 1.16 bits per heavy atom. The summed E-state index contributed by atoms with van der Waals surface area (Å²) in [5, 5.41) is 2.80. The Hall–Kier alpha value is -2.34. The summed E-state index contributed by atoms with van der Waals surface area (Å²) >= 11 is 3.55. The van der Waals surface area contributed by atoms with Gasteiger partial charge in [0, 0.05) is 13.1 Å². The van der Waals surface area contributed by atoms with E-state index < -0.39 is 6.04 Å². The van der Waals surface area contributed by atoms with Crippen LogP contribution in [0.3, 0.4) is 0 Å². The zero-order valence-electron chi connectivity index (χ0n) is 19.3. The van der Waals surface area contributed by atoms with E-state index in [0.29, 0.717) is 18.8 Å². The van der Waals surface area contributed by atoms with Crippen LogP contribution in [0, 0.1) is 6.92 Å². The van der Waals surface area contributed by atoms with Crippen molar-refractivity contribution in [3.8, 4) is 5.75 Å². The monoisotopic (exact) mass is 488 g/mol. The molecule has 0 spiro atoms. The summed E-state index contributed by atoms with van der Waals surface area (Å²) in [4.78, 5) is 27.2. The van der Waals surface area contributed by atoms with Crippen molar-refractivity contribution in [1.82, 2.24) is 10.2 Å². The van der Waals surface area contributed by atoms with Crippen molar-refractivity contribution in [3.05, 3.63) is 63.6 Å². The fourth-order valence-electron chi connectivity index (χ4n) is 3.18. The van der Waals surface area contributed by atoms with Crippen molar-refractivity contribution >= 4 is 27.7 Å². The van der Waals surface area contributed by atoms with Crippen molar-refractivity contribution in [2.45, 2.75) is 59.5 Å². The van der Waals surface area contributed by atoms with E-state index in [2.05, 4.69) is 42.0 Å². The molecule has 0 radical (unpaired) electrons. The fourth-order valence-corrected chi connectivity index (χ4v) is 3.68. The minimum atomic E-state index is -0.609. The maximum Gasteiger partial charge on any atom is 0.261 e. The van der Waals surface area contributed by atoms with Crippen LogP contribution in [0.1, 0.15) is 51.3 Å². The Morgan fingerprint density at radius 2 is 1.84 bits per heavy atom. The van der Waals surface area contributed by atoms with Crippen LogP contribution in [0.5, 0.6) is 5.75 Å². The highest BCUT2D eigenvalue weighted by atomic mass is 79.9. The molecule has 2 rings (SSSR count). The first kappa shape index (κ1) is 24.9. The number of likely N-dealkylation sites (N-methyl/N-ethyl adjacent to an activating group) is 1. The summed E-state index contributed by atoms with van der Waals surface area (Å²) in [6.07, 6.45) is 0. The number of hydrogen-bond donors (Lipinski definition) is 1. The standard InChI is InChI=1S/C25H33BrN2O3/c1-7-27-24(30)18(3)28(15-19-11-9-8-10-17(19)2)23(29)16-31-22-13-12-20(14-21(22)26)25(4,5)6/h8-14,18H,7,15-16H2,1-6H3,(H,27,30)/t18-/m1/s1. The van der Waals surface area contributed by atoms with E-state index in [-0.39, 0.29) is 23.8 Å². The number of benzene rings is 2. The van der Waals surface area contributed by atoms with Crippen molar-refractivity contribution in [2.24, 2.45) is 0 Å². The van der Waals surface area contributed by atoms with Gasteiger partial charge in [0.2, 0.25) is 5.91 Å². The van der Waals surface area contributed by atoms with Crippen molar-refractivity contribution in [1.29, 1.82) is 0 Å². The van der Waals surface area contributed by atoms with E-state index in [1.807, 2.05) is 56.3 Å². The van der Waals surface area contributed by atoms with E-state index in [1.54, 1.807) is 11.8 Å². The van der Waals surface area contributed by atoms with Crippen LogP contribution in [0.25, 0.3) is 0 Å². The SMILES string of the molecule is CCNC(=O)[C@@H](C)N(Cc1ccccc1C)C(=O)COc1ccc(C(C)(C)C)cc1Br. The molecule has 1 N–H and O–H groups in total. The Bertz CT molecular complexity index is 921. The van der Waals surface area contributed by atoms with Crippen LogP contribution in [-0.2, 0) is 21.5 Å². The van der Waals surface area contributed by atoms with E-state index in [4.69, 9.17) is 4.74 Å². The summed E-state index contributed by atoms with van der Waals surface area (Å²) in [6, 6.07) is 13.2. The summed E-state index contributed by atoms with van der Waals surface area (Å²) in [5.41, 5.74) is 3.26. The molecule has 31 heavy (non-hydrogen) atoms. The Kier molecular flexibility index (Phi) is 8.69. The van der Waals surface area contributed by atoms with Gasteiger partial charge >= 0.3 is 0 Å². The van der Waals surface area contributed by atoms with Gasteiger partial charge in [0.25, 0.3) is 5.91 Å². The first-order chi connectivity index (χ1) is 14.5. The topological polar surface area (TPSA) is 58.6 Å².